The maximum absolute atomic E-state index is 13.4. The molecule has 0 spiro atoms. The van der Waals surface area contributed by atoms with Gasteiger partial charge in [0.25, 0.3) is 0 Å². The number of nitriles is 1. The quantitative estimate of drug-likeness (QED) is 0.838. The van der Waals surface area contributed by atoms with E-state index in [1.807, 2.05) is 0 Å². The first kappa shape index (κ1) is 12.9. The monoisotopic (exact) mass is 288 g/mol. The van der Waals surface area contributed by atoms with E-state index in [1.165, 1.54) is 12.1 Å². The molecular weight excluding hydrogens is 279 g/mol. The highest BCUT2D eigenvalue weighted by atomic mass is 35.5. The normalized spacial score (nSPS) is 12.8. The van der Waals surface area contributed by atoms with Gasteiger partial charge in [-0.3, -0.25) is 0 Å². The van der Waals surface area contributed by atoms with Crippen molar-refractivity contribution < 1.29 is 9.13 Å². The highest BCUT2D eigenvalue weighted by Gasteiger charge is 2.18. The Hall–Kier alpha value is -2.12. The highest BCUT2D eigenvalue weighted by Crippen LogP contribution is 2.30. The van der Waals surface area contributed by atoms with Gasteiger partial charge < -0.3 is 4.74 Å². The summed E-state index contributed by atoms with van der Waals surface area (Å²) in [7, 11) is 0. The summed E-state index contributed by atoms with van der Waals surface area (Å²) in [5.41, 5.74) is 2.41. The minimum absolute atomic E-state index is 0.0276. The molecule has 0 amide bonds. The van der Waals surface area contributed by atoms with Gasteiger partial charge in [-0.05, 0) is 43.0 Å². The van der Waals surface area contributed by atoms with E-state index in [4.69, 9.17) is 21.6 Å². The van der Waals surface area contributed by atoms with Crippen molar-refractivity contribution >= 4 is 11.6 Å². The van der Waals surface area contributed by atoms with E-state index in [1.54, 1.807) is 12.1 Å². The molecular formula is C15H10ClFN2O. The van der Waals surface area contributed by atoms with Gasteiger partial charge in [0.15, 0.2) is 0 Å². The standard InChI is InChI=1S/C15H10ClFN2O/c16-12-5-4-11(7-13(12)17)20-15-10(8-18)6-9-2-1-3-14(9)19-15/h4-7H,1-3H2. The molecule has 0 fully saturated rings. The molecule has 20 heavy (non-hydrogen) atoms. The lowest BCUT2D eigenvalue weighted by Gasteiger charge is -2.09. The van der Waals surface area contributed by atoms with E-state index in [0.717, 1.165) is 30.5 Å². The second-order valence-electron chi connectivity index (χ2n) is 4.59. The Morgan fingerprint density at radius 2 is 2.15 bits per heavy atom. The van der Waals surface area contributed by atoms with Crippen LogP contribution >= 0.6 is 11.6 Å². The number of ether oxygens (including phenoxy) is 1. The molecule has 1 heterocycles. The maximum atomic E-state index is 13.4. The van der Waals surface area contributed by atoms with Crippen molar-refractivity contribution in [2.24, 2.45) is 0 Å². The summed E-state index contributed by atoms with van der Waals surface area (Å²) in [5, 5.41) is 9.19. The van der Waals surface area contributed by atoms with Gasteiger partial charge >= 0.3 is 0 Å². The Morgan fingerprint density at radius 1 is 1.30 bits per heavy atom. The van der Waals surface area contributed by atoms with E-state index >= 15 is 0 Å². The van der Waals surface area contributed by atoms with Crippen LogP contribution in [0, 0.1) is 17.1 Å². The summed E-state index contributed by atoms with van der Waals surface area (Å²) < 4.78 is 18.9. The number of halogens is 2. The summed E-state index contributed by atoms with van der Waals surface area (Å²) in [6.07, 6.45) is 2.85. The van der Waals surface area contributed by atoms with Gasteiger partial charge in [0, 0.05) is 11.8 Å². The molecule has 1 aromatic heterocycles. The third kappa shape index (κ3) is 2.33. The van der Waals surface area contributed by atoms with Crippen LogP contribution in [-0.4, -0.2) is 4.98 Å². The molecule has 3 rings (SSSR count). The molecule has 0 atom stereocenters. The Kier molecular flexibility index (Phi) is 3.29. The van der Waals surface area contributed by atoms with E-state index < -0.39 is 5.82 Å². The third-order valence-corrected chi connectivity index (χ3v) is 3.55. The van der Waals surface area contributed by atoms with Crippen molar-refractivity contribution in [1.82, 2.24) is 4.98 Å². The van der Waals surface area contributed by atoms with Crippen LogP contribution < -0.4 is 4.74 Å². The lowest BCUT2D eigenvalue weighted by molar-refractivity contribution is 0.454. The van der Waals surface area contributed by atoms with E-state index in [0.29, 0.717) is 5.56 Å². The van der Waals surface area contributed by atoms with Gasteiger partial charge in [0.2, 0.25) is 5.88 Å². The zero-order valence-corrected chi connectivity index (χ0v) is 11.2. The van der Waals surface area contributed by atoms with Gasteiger partial charge in [0.05, 0.1) is 5.02 Å². The summed E-state index contributed by atoms with van der Waals surface area (Å²) in [5.74, 6) is -0.0763. The zero-order chi connectivity index (χ0) is 14.1. The first-order valence-electron chi connectivity index (χ1n) is 6.23. The molecule has 100 valence electrons. The van der Waals surface area contributed by atoms with Crippen molar-refractivity contribution in [2.75, 3.05) is 0 Å². The second-order valence-corrected chi connectivity index (χ2v) is 5.00. The highest BCUT2D eigenvalue weighted by molar-refractivity contribution is 6.30. The van der Waals surface area contributed by atoms with Crippen LogP contribution in [0.25, 0.3) is 0 Å². The summed E-state index contributed by atoms with van der Waals surface area (Å²) in [4.78, 5) is 4.37. The van der Waals surface area contributed by atoms with Crippen LogP contribution in [0.15, 0.2) is 24.3 Å². The average Bonchev–Trinajstić information content (AvgIpc) is 2.89. The summed E-state index contributed by atoms with van der Waals surface area (Å²) >= 11 is 5.62. The van der Waals surface area contributed by atoms with Gasteiger partial charge in [-0.2, -0.15) is 5.26 Å². The Bertz CT molecular complexity index is 725. The lowest BCUT2D eigenvalue weighted by atomic mass is 10.1. The van der Waals surface area contributed by atoms with Crippen molar-refractivity contribution in [3.8, 4) is 17.7 Å². The van der Waals surface area contributed by atoms with Gasteiger partial charge in [-0.15, -0.1) is 0 Å². The smallest absolute Gasteiger partial charge is 0.237 e. The number of benzene rings is 1. The Labute approximate surface area is 120 Å². The van der Waals surface area contributed by atoms with Gasteiger partial charge in [-0.25, -0.2) is 9.37 Å². The minimum atomic E-state index is -0.566. The number of pyridine rings is 1. The number of aromatic nitrogens is 1. The fraction of sp³-hybridized carbons (Fsp3) is 0.200. The van der Waals surface area contributed by atoms with E-state index in [9.17, 15) is 4.39 Å². The number of nitrogens with zero attached hydrogens (tertiary/aromatic N) is 2. The predicted octanol–water partition coefficient (Wildman–Crippen LogP) is 4.03. The number of hydrogen-bond acceptors (Lipinski definition) is 3. The fourth-order valence-electron chi connectivity index (χ4n) is 2.26. The molecule has 0 aliphatic heterocycles. The summed E-state index contributed by atoms with van der Waals surface area (Å²) in [6, 6.07) is 8.00. The van der Waals surface area contributed by atoms with Crippen LogP contribution in [0.1, 0.15) is 23.2 Å². The predicted molar refractivity (Wildman–Crippen MR) is 72.5 cm³/mol. The van der Waals surface area contributed by atoms with Gasteiger partial charge in [0.1, 0.15) is 23.2 Å². The zero-order valence-electron chi connectivity index (χ0n) is 10.5. The van der Waals surface area contributed by atoms with Gasteiger partial charge in [-0.1, -0.05) is 11.6 Å². The third-order valence-electron chi connectivity index (χ3n) is 3.24. The summed E-state index contributed by atoms with van der Waals surface area (Å²) in [6.45, 7) is 0. The fourth-order valence-corrected chi connectivity index (χ4v) is 2.38. The second kappa shape index (κ2) is 5.10. The van der Waals surface area contributed by atoms with Crippen LogP contribution in [0.5, 0.6) is 11.6 Å². The molecule has 5 heteroatoms. The maximum Gasteiger partial charge on any atom is 0.237 e. The molecule has 0 saturated heterocycles. The van der Waals surface area contributed by atoms with E-state index in [2.05, 4.69) is 11.1 Å². The Balaban J connectivity index is 1.98. The minimum Gasteiger partial charge on any atom is -0.438 e. The molecule has 0 radical (unpaired) electrons. The molecule has 2 aromatic rings. The molecule has 1 aliphatic carbocycles. The van der Waals surface area contributed by atoms with Crippen molar-refractivity contribution in [1.29, 1.82) is 5.26 Å². The average molecular weight is 289 g/mol. The number of fused-ring (bicyclic) bond motifs is 1. The van der Waals surface area contributed by atoms with E-state index in [-0.39, 0.29) is 16.7 Å². The topological polar surface area (TPSA) is 45.9 Å². The van der Waals surface area contributed by atoms with Crippen molar-refractivity contribution in [3.05, 3.63) is 51.9 Å². The first-order chi connectivity index (χ1) is 9.67. The van der Waals surface area contributed by atoms with Crippen LogP contribution in [0.2, 0.25) is 5.02 Å². The molecule has 0 bridgehead atoms. The van der Waals surface area contributed by atoms with Crippen LogP contribution in [0.4, 0.5) is 4.39 Å². The molecule has 1 aromatic carbocycles. The molecule has 0 saturated carbocycles. The Morgan fingerprint density at radius 3 is 2.90 bits per heavy atom. The number of aryl methyl sites for hydroxylation is 2. The molecule has 1 aliphatic rings. The first-order valence-corrected chi connectivity index (χ1v) is 6.61. The largest absolute Gasteiger partial charge is 0.438 e. The lowest BCUT2D eigenvalue weighted by Crippen LogP contribution is -1.97. The molecule has 0 N–H and O–H groups in total. The SMILES string of the molecule is N#Cc1cc2c(nc1Oc1ccc(Cl)c(F)c1)CCC2. The number of rotatable bonds is 2. The molecule has 3 nitrogen and oxygen atoms in total. The number of hydrogen-bond donors (Lipinski definition) is 0. The van der Waals surface area contributed by atoms with Crippen LogP contribution in [-0.2, 0) is 12.8 Å². The van der Waals surface area contributed by atoms with Crippen molar-refractivity contribution in [3.63, 3.8) is 0 Å². The van der Waals surface area contributed by atoms with Crippen molar-refractivity contribution in [2.45, 2.75) is 19.3 Å². The van der Waals surface area contributed by atoms with Crippen LogP contribution in [0.3, 0.4) is 0 Å². The molecule has 0 unspecified atom stereocenters.